The Morgan fingerprint density at radius 3 is 2.23 bits per heavy atom. The van der Waals surface area contributed by atoms with Crippen molar-refractivity contribution in [2.45, 2.75) is 76.9 Å². The number of benzene rings is 1. The molecule has 124 valence electrons. The minimum atomic E-state index is -0.347. The van der Waals surface area contributed by atoms with Crippen molar-refractivity contribution in [3.63, 3.8) is 0 Å². The van der Waals surface area contributed by atoms with E-state index in [1.54, 1.807) is 0 Å². The topological polar surface area (TPSA) is 23.5 Å². The van der Waals surface area contributed by atoms with Crippen LogP contribution in [-0.2, 0) is 5.41 Å². The summed E-state index contributed by atoms with van der Waals surface area (Å²) in [5, 5.41) is 10.4. The summed E-state index contributed by atoms with van der Waals surface area (Å²) in [5.74, 6) is 0. The molecule has 0 amide bonds. The Hall–Kier alpha value is -0.860. The van der Waals surface area contributed by atoms with Gasteiger partial charge < -0.3 is 10.0 Å². The smallest absolute Gasteiger partial charge is 0.0802 e. The number of aliphatic hydroxyl groups is 1. The molecule has 2 nitrogen and oxygen atoms in total. The van der Waals surface area contributed by atoms with E-state index in [2.05, 4.69) is 57.0 Å². The molecule has 0 bridgehead atoms. The molecule has 0 aromatic heterocycles. The van der Waals surface area contributed by atoms with Crippen LogP contribution in [0, 0.1) is 0 Å². The molecule has 0 radical (unpaired) electrons. The highest BCUT2D eigenvalue weighted by Gasteiger charge is 2.19. The third kappa shape index (κ3) is 4.82. The van der Waals surface area contributed by atoms with Crippen molar-refractivity contribution in [1.29, 1.82) is 0 Å². The van der Waals surface area contributed by atoms with Gasteiger partial charge in [-0.3, -0.25) is 0 Å². The van der Waals surface area contributed by atoms with Crippen molar-refractivity contribution in [3.05, 3.63) is 35.4 Å². The third-order valence-electron chi connectivity index (χ3n) is 5.11. The average molecular weight is 303 g/mol. The second-order valence-electron chi connectivity index (χ2n) is 7.95. The van der Waals surface area contributed by atoms with Gasteiger partial charge in [0.2, 0.25) is 0 Å². The first-order valence-corrected chi connectivity index (χ1v) is 8.86. The minimum Gasteiger partial charge on any atom is -0.388 e. The molecule has 1 atom stereocenters. The fourth-order valence-corrected chi connectivity index (χ4v) is 3.40. The predicted octanol–water partition coefficient (Wildman–Crippen LogP) is 4.67. The summed E-state index contributed by atoms with van der Waals surface area (Å²) in [6.07, 6.45) is 7.26. The molecular formula is C20H33NO. The maximum Gasteiger partial charge on any atom is 0.0802 e. The molecule has 1 N–H and O–H groups in total. The Bertz CT molecular complexity index is 440. The highest BCUT2D eigenvalue weighted by molar-refractivity contribution is 5.28. The molecule has 2 rings (SSSR count). The summed E-state index contributed by atoms with van der Waals surface area (Å²) >= 11 is 0. The van der Waals surface area contributed by atoms with E-state index in [4.69, 9.17) is 0 Å². The van der Waals surface area contributed by atoms with Crippen LogP contribution in [0.3, 0.4) is 0 Å². The van der Waals surface area contributed by atoms with E-state index in [1.807, 2.05) is 0 Å². The van der Waals surface area contributed by atoms with Crippen LogP contribution in [-0.4, -0.2) is 29.6 Å². The van der Waals surface area contributed by atoms with Crippen molar-refractivity contribution >= 4 is 0 Å². The van der Waals surface area contributed by atoms with Gasteiger partial charge in [-0.1, -0.05) is 64.3 Å². The zero-order valence-electron chi connectivity index (χ0n) is 14.8. The van der Waals surface area contributed by atoms with Gasteiger partial charge in [0, 0.05) is 12.6 Å². The first-order valence-electron chi connectivity index (χ1n) is 8.86. The van der Waals surface area contributed by atoms with Crippen LogP contribution in [0.15, 0.2) is 24.3 Å². The zero-order valence-corrected chi connectivity index (χ0v) is 14.8. The monoisotopic (exact) mass is 303 g/mol. The SMILES string of the molecule is CN(CCC(O)c1ccc(C(C)(C)C)cc1)C1CCCCC1. The van der Waals surface area contributed by atoms with Crippen LogP contribution in [0.25, 0.3) is 0 Å². The van der Waals surface area contributed by atoms with Gasteiger partial charge in [0.05, 0.1) is 6.10 Å². The van der Waals surface area contributed by atoms with E-state index in [0.717, 1.165) is 24.6 Å². The average Bonchev–Trinajstić information content (AvgIpc) is 2.52. The molecule has 1 fully saturated rings. The summed E-state index contributed by atoms with van der Waals surface area (Å²) in [4.78, 5) is 2.45. The fraction of sp³-hybridized carbons (Fsp3) is 0.700. The molecule has 0 heterocycles. The van der Waals surface area contributed by atoms with E-state index in [9.17, 15) is 5.11 Å². The van der Waals surface area contributed by atoms with Crippen LogP contribution < -0.4 is 0 Å². The summed E-state index contributed by atoms with van der Waals surface area (Å²) in [6, 6.07) is 9.22. The molecule has 1 saturated carbocycles. The van der Waals surface area contributed by atoms with Gasteiger partial charge in [0.1, 0.15) is 0 Å². The number of hydrogen-bond acceptors (Lipinski definition) is 2. The Kier molecular flexibility index (Phi) is 6.05. The molecule has 0 aliphatic heterocycles. The van der Waals surface area contributed by atoms with Crippen LogP contribution in [0.2, 0.25) is 0 Å². The van der Waals surface area contributed by atoms with Gasteiger partial charge in [-0.2, -0.15) is 0 Å². The van der Waals surface area contributed by atoms with Crippen LogP contribution in [0.5, 0.6) is 0 Å². The quantitative estimate of drug-likeness (QED) is 0.854. The van der Waals surface area contributed by atoms with Crippen molar-refractivity contribution in [2.24, 2.45) is 0 Å². The molecule has 1 aromatic rings. The van der Waals surface area contributed by atoms with E-state index in [0.29, 0.717) is 0 Å². The van der Waals surface area contributed by atoms with Gasteiger partial charge >= 0.3 is 0 Å². The number of rotatable bonds is 5. The van der Waals surface area contributed by atoms with Gasteiger partial charge in [-0.25, -0.2) is 0 Å². The maximum absolute atomic E-state index is 10.4. The highest BCUT2D eigenvalue weighted by Crippen LogP contribution is 2.26. The Morgan fingerprint density at radius 2 is 1.68 bits per heavy atom. The van der Waals surface area contributed by atoms with E-state index in [1.165, 1.54) is 37.7 Å². The van der Waals surface area contributed by atoms with E-state index >= 15 is 0 Å². The fourth-order valence-electron chi connectivity index (χ4n) is 3.40. The van der Waals surface area contributed by atoms with Crippen LogP contribution >= 0.6 is 0 Å². The van der Waals surface area contributed by atoms with Crippen molar-refractivity contribution in [3.8, 4) is 0 Å². The van der Waals surface area contributed by atoms with Gasteiger partial charge in [-0.15, -0.1) is 0 Å². The Morgan fingerprint density at radius 1 is 1.09 bits per heavy atom. The number of aliphatic hydroxyl groups excluding tert-OH is 1. The Labute approximate surface area is 136 Å². The number of hydrogen-bond donors (Lipinski definition) is 1. The molecule has 0 spiro atoms. The van der Waals surface area contributed by atoms with Gasteiger partial charge in [-0.05, 0) is 42.9 Å². The zero-order chi connectivity index (χ0) is 16.2. The first-order chi connectivity index (χ1) is 10.4. The normalized spacial score (nSPS) is 18.6. The molecule has 0 saturated heterocycles. The molecule has 2 heteroatoms. The summed E-state index contributed by atoms with van der Waals surface area (Å²) < 4.78 is 0. The molecule has 1 aromatic carbocycles. The maximum atomic E-state index is 10.4. The molecule has 1 aliphatic carbocycles. The van der Waals surface area contributed by atoms with E-state index < -0.39 is 0 Å². The molecular weight excluding hydrogens is 270 g/mol. The van der Waals surface area contributed by atoms with E-state index in [-0.39, 0.29) is 11.5 Å². The third-order valence-corrected chi connectivity index (χ3v) is 5.11. The Balaban J connectivity index is 1.85. The van der Waals surface area contributed by atoms with Gasteiger partial charge in [0.15, 0.2) is 0 Å². The molecule has 1 aliphatic rings. The van der Waals surface area contributed by atoms with Crippen molar-refractivity contribution in [2.75, 3.05) is 13.6 Å². The molecule has 22 heavy (non-hydrogen) atoms. The minimum absolute atomic E-state index is 0.171. The lowest BCUT2D eigenvalue weighted by molar-refractivity contribution is 0.125. The lowest BCUT2D eigenvalue weighted by atomic mass is 9.86. The van der Waals surface area contributed by atoms with Gasteiger partial charge in [0.25, 0.3) is 0 Å². The number of nitrogens with zero attached hydrogens (tertiary/aromatic N) is 1. The second-order valence-corrected chi connectivity index (χ2v) is 7.95. The lowest BCUT2D eigenvalue weighted by Crippen LogP contribution is -2.34. The standard InChI is InChI=1S/C20H33NO/c1-20(2,3)17-12-10-16(11-13-17)19(22)14-15-21(4)18-8-6-5-7-9-18/h10-13,18-19,22H,5-9,14-15H2,1-4H3. The lowest BCUT2D eigenvalue weighted by Gasteiger charge is -2.31. The van der Waals surface area contributed by atoms with Crippen molar-refractivity contribution in [1.82, 2.24) is 4.90 Å². The van der Waals surface area contributed by atoms with Crippen LogP contribution in [0.1, 0.15) is 76.5 Å². The van der Waals surface area contributed by atoms with Crippen LogP contribution in [0.4, 0.5) is 0 Å². The van der Waals surface area contributed by atoms with Crippen molar-refractivity contribution < 1.29 is 5.11 Å². The summed E-state index contributed by atoms with van der Waals surface area (Å²) in [6.45, 7) is 7.64. The predicted molar refractivity (Wildman–Crippen MR) is 94.2 cm³/mol. The first kappa shape index (κ1) is 17.5. The summed E-state index contributed by atoms with van der Waals surface area (Å²) in [7, 11) is 2.21. The highest BCUT2D eigenvalue weighted by atomic mass is 16.3. The largest absolute Gasteiger partial charge is 0.388 e. The summed E-state index contributed by atoms with van der Waals surface area (Å²) in [5.41, 5.74) is 2.54. The molecule has 1 unspecified atom stereocenters. The second kappa shape index (κ2) is 7.61.